The molecule has 2 nitrogen and oxygen atoms in total. The minimum absolute atomic E-state index is 0.00764. The highest BCUT2D eigenvalue weighted by molar-refractivity contribution is 5.82. The van der Waals surface area contributed by atoms with E-state index < -0.39 is 6.10 Å². The third-order valence-electron chi connectivity index (χ3n) is 2.04. The topological polar surface area (TPSA) is 37.3 Å². The van der Waals surface area contributed by atoms with Gasteiger partial charge in [-0.15, -0.1) is 0 Å². The summed E-state index contributed by atoms with van der Waals surface area (Å²) in [4.78, 5) is 11.2. The van der Waals surface area contributed by atoms with Crippen molar-refractivity contribution < 1.29 is 9.90 Å². The molecule has 78 valence electrons. The Kier molecular flexibility index (Phi) is 5.23. The predicted octanol–water partition coefficient (Wildman–Crippen LogP) is 2.54. The van der Waals surface area contributed by atoms with E-state index in [-0.39, 0.29) is 11.2 Å². The van der Waals surface area contributed by atoms with Crippen molar-refractivity contribution in [3.63, 3.8) is 0 Å². The van der Waals surface area contributed by atoms with Gasteiger partial charge in [-0.25, -0.2) is 0 Å². The summed E-state index contributed by atoms with van der Waals surface area (Å²) in [5.41, 5.74) is 0.202. The number of Topliss-reactive ketones (excluding diaryl/α,β-unsaturated/α-hetero) is 1. The second-order valence-electron chi connectivity index (χ2n) is 4.83. The molecule has 0 bridgehead atoms. The summed E-state index contributed by atoms with van der Waals surface area (Å²) in [6.07, 6.45) is 2.09. The lowest BCUT2D eigenvalue weighted by molar-refractivity contribution is -0.127. The Bertz CT molecular complexity index is 156. The summed E-state index contributed by atoms with van der Waals surface area (Å²) in [7, 11) is 0. The summed E-state index contributed by atoms with van der Waals surface area (Å²) in [6, 6.07) is 0. The Morgan fingerprint density at radius 3 is 2.31 bits per heavy atom. The molecule has 0 spiro atoms. The molecule has 1 unspecified atom stereocenters. The van der Waals surface area contributed by atoms with E-state index in [1.54, 1.807) is 0 Å². The van der Waals surface area contributed by atoms with Crippen LogP contribution in [0.3, 0.4) is 0 Å². The number of ketones is 1. The van der Waals surface area contributed by atoms with Crippen LogP contribution in [-0.2, 0) is 4.79 Å². The van der Waals surface area contributed by atoms with Crippen molar-refractivity contribution in [1.82, 2.24) is 0 Å². The second-order valence-corrected chi connectivity index (χ2v) is 4.83. The molecule has 0 aromatic carbocycles. The van der Waals surface area contributed by atoms with Gasteiger partial charge in [0.05, 0.1) is 0 Å². The lowest BCUT2D eigenvalue weighted by Gasteiger charge is -2.19. The molecule has 1 N–H and O–H groups in total. The van der Waals surface area contributed by atoms with E-state index in [4.69, 9.17) is 0 Å². The molecule has 0 aromatic rings. The second kappa shape index (κ2) is 5.38. The van der Waals surface area contributed by atoms with Crippen LogP contribution in [0.2, 0.25) is 0 Å². The maximum atomic E-state index is 11.2. The molecular weight excluding hydrogens is 164 g/mol. The van der Waals surface area contributed by atoms with E-state index in [1.807, 2.05) is 6.92 Å². The highest BCUT2D eigenvalue weighted by Crippen LogP contribution is 2.22. The molecule has 0 aliphatic carbocycles. The Labute approximate surface area is 81.3 Å². The molecule has 13 heavy (non-hydrogen) atoms. The van der Waals surface area contributed by atoms with Gasteiger partial charge in [-0.3, -0.25) is 4.79 Å². The molecule has 0 amide bonds. The highest BCUT2D eigenvalue weighted by Gasteiger charge is 2.17. The van der Waals surface area contributed by atoms with Gasteiger partial charge in [-0.2, -0.15) is 0 Å². The largest absolute Gasteiger partial charge is 0.385 e. The summed E-state index contributed by atoms with van der Waals surface area (Å²) in [5, 5.41) is 9.46. The average Bonchev–Trinajstić information content (AvgIpc) is 1.99. The van der Waals surface area contributed by atoms with Crippen molar-refractivity contribution in [3.05, 3.63) is 0 Å². The van der Waals surface area contributed by atoms with E-state index in [1.165, 1.54) is 0 Å². The fraction of sp³-hybridized carbons (Fsp3) is 0.909. The quantitative estimate of drug-likeness (QED) is 0.716. The SMILES string of the molecule is CCCC(=O)C(O)CCC(C)(C)C. The Hall–Kier alpha value is -0.370. The van der Waals surface area contributed by atoms with Gasteiger partial charge in [0.25, 0.3) is 0 Å². The van der Waals surface area contributed by atoms with Crippen LogP contribution in [0.15, 0.2) is 0 Å². The van der Waals surface area contributed by atoms with Crippen LogP contribution in [0, 0.1) is 5.41 Å². The smallest absolute Gasteiger partial charge is 0.161 e. The van der Waals surface area contributed by atoms with E-state index in [9.17, 15) is 9.90 Å². The van der Waals surface area contributed by atoms with Gasteiger partial charge >= 0.3 is 0 Å². The van der Waals surface area contributed by atoms with Crippen LogP contribution in [0.5, 0.6) is 0 Å². The molecule has 0 fully saturated rings. The van der Waals surface area contributed by atoms with Crippen LogP contribution in [0.25, 0.3) is 0 Å². The van der Waals surface area contributed by atoms with E-state index in [2.05, 4.69) is 20.8 Å². The molecule has 0 aliphatic rings. The van der Waals surface area contributed by atoms with Crippen molar-refractivity contribution in [3.8, 4) is 0 Å². The standard InChI is InChI=1S/C11H22O2/c1-5-6-9(12)10(13)7-8-11(2,3)4/h10,13H,5-8H2,1-4H3. The minimum Gasteiger partial charge on any atom is -0.385 e. The first kappa shape index (κ1) is 12.6. The minimum atomic E-state index is -0.737. The first-order valence-electron chi connectivity index (χ1n) is 5.07. The maximum Gasteiger partial charge on any atom is 0.161 e. The van der Waals surface area contributed by atoms with Crippen molar-refractivity contribution >= 4 is 5.78 Å². The molecule has 0 aromatic heterocycles. The number of hydrogen-bond acceptors (Lipinski definition) is 2. The maximum absolute atomic E-state index is 11.2. The molecular formula is C11H22O2. The fourth-order valence-electron chi connectivity index (χ4n) is 1.14. The van der Waals surface area contributed by atoms with Gasteiger partial charge in [-0.1, -0.05) is 27.7 Å². The zero-order valence-corrected chi connectivity index (χ0v) is 9.26. The van der Waals surface area contributed by atoms with E-state index in [0.29, 0.717) is 12.8 Å². The predicted molar refractivity (Wildman–Crippen MR) is 54.6 cm³/mol. The molecule has 0 rings (SSSR count). The molecule has 2 heteroatoms. The zero-order chi connectivity index (χ0) is 10.5. The molecule has 0 saturated heterocycles. The number of rotatable bonds is 5. The number of aliphatic hydroxyl groups is 1. The van der Waals surface area contributed by atoms with Crippen molar-refractivity contribution in [2.75, 3.05) is 0 Å². The Balaban J connectivity index is 3.74. The average molecular weight is 186 g/mol. The first-order valence-corrected chi connectivity index (χ1v) is 5.07. The monoisotopic (exact) mass is 186 g/mol. The van der Waals surface area contributed by atoms with Crippen LogP contribution >= 0.6 is 0 Å². The van der Waals surface area contributed by atoms with Gasteiger partial charge < -0.3 is 5.11 Å². The van der Waals surface area contributed by atoms with Crippen molar-refractivity contribution in [2.45, 2.75) is 59.5 Å². The molecule has 1 atom stereocenters. The number of aliphatic hydroxyl groups excluding tert-OH is 1. The van der Waals surface area contributed by atoms with Crippen LogP contribution in [0.4, 0.5) is 0 Å². The number of hydrogen-bond donors (Lipinski definition) is 1. The van der Waals surface area contributed by atoms with Crippen molar-refractivity contribution in [2.24, 2.45) is 5.41 Å². The highest BCUT2D eigenvalue weighted by atomic mass is 16.3. The number of carbonyl (C=O) groups is 1. The van der Waals surface area contributed by atoms with Crippen LogP contribution in [-0.4, -0.2) is 17.0 Å². The molecule has 0 heterocycles. The summed E-state index contributed by atoms with van der Waals surface area (Å²) < 4.78 is 0. The molecule has 0 aliphatic heterocycles. The van der Waals surface area contributed by atoms with Crippen molar-refractivity contribution in [1.29, 1.82) is 0 Å². The first-order chi connectivity index (χ1) is 5.87. The van der Waals surface area contributed by atoms with E-state index >= 15 is 0 Å². The van der Waals surface area contributed by atoms with E-state index in [0.717, 1.165) is 12.8 Å². The fourth-order valence-corrected chi connectivity index (χ4v) is 1.14. The van der Waals surface area contributed by atoms with Gasteiger partial charge in [0, 0.05) is 6.42 Å². The molecule has 0 saturated carbocycles. The Morgan fingerprint density at radius 1 is 1.38 bits per heavy atom. The van der Waals surface area contributed by atoms with Gasteiger partial charge in [-0.05, 0) is 24.7 Å². The molecule has 0 radical (unpaired) electrons. The normalized spacial score (nSPS) is 14.2. The lowest BCUT2D eigenvalue weighted by Crippen LogP contribution is -2.22. The van der Waals surface area contributed by atoms with Gasteiger partial charge in [0.1, 0.15) is 6.10 Å². The third-order valence-corrected chi connectivity index (χ3v) is 2.04. The third kappa shape index (κ3) is 6.76. The summed E-state index contributed by atoms with van der Waals surface area (Å²) in [6.45, 7) is 8.30. The Morgan fingerprint density at radius 2 is 1.92 bits per heavy atom. The summed E-state index contributed by atoms with van der Waals surface area (Å²) in [5.74, 6) is -0.00764. The lowest BCUT2D eigenvalue weighted by atomic mass is 9.88. The zero-order valence-electron chi connectivity index (χ0n) is 9.26. The van der Waals surface area contributed by atoms with Gasteiger partial charge in [0.15, 0.2) is 5.78 Å². The van der Waals surface area contributed by atoms with Crippen LogP contribution < -0.4 is 0 Å². The summed E-state index contributed by atoms with van der Waals surface area (Å²) >= 11 is 0. The van der Waals surface area contributed by atoms with Crippen LogP contribution in [0.1, 0.15) is 53.4 Å². The number of carbonyl (C=O) groups excluding carboxylic acids is 1. The van der Waals surface area contributed by atoms with Gasteiger partial charge in [0.2, 0.25) is 0 Å².